The van der Waals surface area contributed by atoms with Crippen molar-refractivity contribution in [3.05, 3.63) is 35.9 Å². The first-order valence-corrected chi connectivity index (χ1v) is 6.83. The second-order valence-corrected chi connectivity index (χ2v) is 5.05. The van der Waals surface area contributed by atoms with E-state index in [-0.39, 0.29) is 5.91 Å². The predicted octanol–water partition coefficient (Wildman–Crippen LogP) is 1.57. The zero-order valence-corrected chi connectivity index (χ0v) is 11.4. The number of benzene rings is 1. The lowest BCUT2D eigenvalue weighted by Gasteiger charge is -2.34. The van der Waals surface area contributed by atoms with Gasteiger partial charge in [0.15, 0.2) is 6.10 Å². The van der Waals surface area contributed by atoms with Gasteiger partial charge in [0, 0.05) is 20.2 Å². The van der Waals surface area contributed by atoms with Crippen LogP contribution in [0.1, 0.15) is 24.5 Å². The normalized spacial score (nSPS) is 21.2. The van der Waals surface area contributed by atoms with Crippen LogP contribution in [-0.4, -0.2) is 37.6 Å². The van der Waals surface area contributed by atoms with Crippen molar-refractivity contribution >= 4 is 5.91 Å². The van der Waals surface area contributed by atoms with E-state index in [9.17, 15) is 4.79 Å². The molecule has 0 saturated carbocycles. The Balaban J connectivity index is 2.08. The number of hydrogen-bond acceptors (Lipinski definition) is 3. The van der Waals surface area contributed by atoms with E-state index in [1.807, 2.05) is 35.2 Å². The second kappa shape index (κ2) is 6.68. The molecule has 2 atom stereocenters. The average molecular weight is 262 g/mol. The molecule has 0 aromatic heterocycles. The van der Waals surface area contributed by atoms with E-state index in [2.05, 4.69) is 0 Å². The average Bonchev–Trinajstić information content (AvgIpc) is 2.49. The fourth-order valence-corrected chi connectivity index (χ4v) is 2.63. The first-order valence-electron chi connectivity index (χ1n) is 6.83. The number of hydrogen-bond donors (Lipinski definition) is 1. The van der Waals surface area contributed by atoms with Gasteiger partial charge in [-0.15, -0.1) is 0 Å². The quantitative estimate of drug-likeness (QED) is 0.896. The van der Waals surface area contributed by atoms with Gasteiger partial charge in [-0.2, -0.15) is 0 Å². The number of ether oxygens (including phenoxy) is 1. The largest absolute Gasteiger partial charge is 0.367 e. The molecular formula is C15H22N2O2. The third kappa shape index (κ3) is 3.33. The van der Waals surface area contributed by atoms with Crippen molar-refractivity contribution in [1.29, 1.82) is 0 Å². The smallest absolute Gasteiger partial charge is 0.256 e. The number of nitrogens with zero attached hydrogens (tertiary/aromatic N) is 1. The summed E-state index contributed by atoms with van der Waals surface area (Å²) < 4.78 is 5.40. The highest BCUT2D eigenvalue weighted by atomic mass is 16.5. The standard InChI is InChI=1S/C15H22N2O2/c1-19-14(13-7-3-2-4-8-13)15(18)17-9-5-6-12(10-16)11-17/h2-4,7-8,12,14H,5-6,9-11,16H2,1H3. The van der Waals surface area contributed by atoms with E-state index >= 15 is 0 Å². The van der Waals surface area contributed by atoms with Crippen LogP contribution in [-0.2, 0) is 9.53 Å². The maximum absolute atomic E-state index is 12.6. The summed E-state index contributed by atoms with van der Waals surface area (Å²) >= 11 is 0. The van der Waals surface area contributed by atoms with E-state index in [4.69, 9.17) is 10.5 Å². The number of piperidine rings is 1. The van der Waals surface area contributed by atoms with Crippen LogP contribution in [0.4, 0.5) is 0 Å². The minimum Gasteiger partial charge on any atom is -0.367 e. The van der Waals surface area contributed by atoms with Gasteiger partial charge in [-0.05, 0) is 30.9 Å². The molecule has 1 aromatic rings. The zero-order valence-electron chi connectivity index (χ0n) is 11.4. The van der Waals surface area contributed by atoms with Crippen LogP contribution in [0, 0.1) is 5.92 Å². The van der Waals surface area contributed by atoms with Gasteiger partial charge in [0.05, 0.1) is 0 Å². The van der Waals surface area contributed by atoms with Gasteiger partial charge in [-0.3, -0.25) is 4.79 Å². The predicted molar refractivity (Wildman–Crippen MR) is 74.6 cm³/mol. The Morgan fingerprint density at radius 2 is 2.21 bits per heavy atom. The molecule has 2 unspecified atom stereocenters. The van der Waals surface area contributed by atoms with Gasteiger partial charge in [-0.1, -0.05) is 30.3 Å². The van der Waals surface area contributed by atoms with Gasteiger partial charge in [0.1, 0.15) is 0 Å². The monoisotopic (exact) mass is 262 g/mol. The number of amides is 1. The van der Waals surface area contributed by atoms with Crippen LogP contribution >= 0.6 is 0 Å². The summed E-state index contributed by atoms with van der Waals surface area (Å²) in [5, 5.41) is 0. The molecule has 0 spiro atoms. The van der Waals surface area contributed by atoms with Gasteiger partial charge < -0.3 is 15.4 Å². The summed E-state index contributed by atoms with van der Waals surface area (Å²) in [6, 6.07) is 9.64. The summed E-state index contributed by atoms with van der Waals surface area (Å²) in [7, 11) is 1.58. The minimum atomic E-state index is -0.502. The maximum atomic E-state index is 12.6. The zero-order chi connectivity index (χ0) is 13.7. The first kappa shape index (κ1) is 14.0. The second-order valence-electron chi connectivity index (χ2n) is 5.05. The van der Waals surface area contributed by atoms with Crippen molar-refractivity contribution in [2.75, 3.05) is 26.7 Å². The molecule has 4 nitrogen and oxygen atoms in total. The molecule has 1 amide bonds. The molecule has 1 aliphatic rings. The van der Waals surface area contributed by atoms with Crippen molar-refractivity contribution in [1.82, 2.24) is 4.90 Å². The van der Waals surface area contributed by atoms with Crippen LogP contribution in [0.15, 0.2) is 30.3 Å². The number of carbonyl (C=O) groups is 1. The van der Waals surface area contributed by atoms with Crippen molar-refractivity contribution in [2.45, 2.75) is 18.9 Å². The Labute approximate surface area is 114 Å². The summed E-state index contributed by atoms with van der Waals surface area (Å²) in [5.74, 6) is 0.470. The fourth-order valence-electron chi connectivity index (χ4n) is 2.63. The molecule has 4 heteroatoms. The molecule has 1 heterocycles. The van der Waals surface area contributed by atoms with Gasteiger partial charge >= 0.3 is 0 Å². The van der Waals surface area contributed by atoms with Crippen LogP contribution in [0.5, 0.6) is 0 Å². The Morgan fingerprint density at radius 3 is 2.84 bits per heavy atom. The molecular weight excluding hydrogens is 240 g/mol. The summed E-state index contributed by atoms with van der Waals surface area (Å²) in [4.78, 5) is 14.4. The Bertz CT molecular complexity index is 408. The van der Waals surface area contributed by atoms with Crippen LogP contribution in [0.2, 0.25) is 0 Å². The molecule has 1 saturated heterocycles. The summed E-state index contributed by atoms with van der Waals surface area (Å²) in [5.41, 5.74) is 6.62. The Hall–Kier alpha value is -1.39. The van der Waals surface area contributed by atoms with Crippen LogP contribution < -0.4 is 5.73 Å². The van der Waals surface area contributed by atoms with E-state index in [1.165, 1.54) is 0 Å². The maximum Gasteiger partial charge on any atom is 0.256 e. The first-order chi connectivity index (χ1) is 9.26. The summed E-state index contributed by atoms with van der Waals surface area (Å²) in [6.07, 6.45) is 1.64. The molecule has 2 rings (SSSR count). The lowest BCUT2D eigenvalue weighted by Crippen LogP contribution is -2.44. The highest BCUT2D eigenvalue weighted by molar-refractivity contribution is 5.82. The van der Waals surface area contributed by atoms with E-state index < -0.39 is 6.10 Å². The lowest BCUT2D eigenvalue weighted by atomic mass is 9.97. The van der Waals surface area contributed by atoms with Crippen molar-refractivity contribution < 1.29 is 9.53 Å². The SMILES string of the molecule is COC(C(=O)N1CCCC(CN)C1)c1ccccc1. The lowest BCUT2D eigenvalue weighted by molar-refractivity contribution is -0.144. The highest BCUT2D eigenvalue weighted by Crippen LogP contribution is 2.23. The van der Waals surface area contributed by atoms with E-state index in [0.717, 1.165) is 31.5 Å². The molecule has 0 bridgehead atoms. The molecule has 104 valence electrons. The van der Waals surface area contributed by atoms with Crippen molar-refractivity contribution in [2.24, 2.45) is 11.7 Å². The minimum absolute atomic E-state index is 0.0480. The van der Waals surface area contributed by atoms with Crippen LogP contribution in [0.25, 0.3) is 0 Å². The number of carbonyl (C=O) groups excluding carboxylic acids is 1. The molecule has 2 N–H and O–H groups in total. The Kier molecular flexibility index (Phi) is 4.93. The molecule has 0 radical (unpaired) electrons. The van der Waals surface area contributed by atoms with E-state index in [1.54, 1.807) is 7.11 Å². The Morgan fingerprint density at radius 1 is 1.47 bits per heavy atom. The number of nitrogens with two attached hydrogens (primary N) is 1. The molecule has 0 aliphatic carbocycles. The van der Waals surface area contributed by atoms with Crippen molar-refractivity contribution in [3.63, 3.8) is 0 Å². The van der Waals surface area contributed by atoms with Crippen molar-refractivity contribution in [3.8, 4) is 0 Å². The third-order valence-corrected chi connectivity index (χ3v) is 3.73. The highest BCUT2D eigenvalue weighted by Gasteiger charge is 2.29. The van der Waals surface area contributed by atoms with Gasteiger partial charge in [0.2, 0.25) is 0 Å². The third-order valence-electron chi connectivity index (χ3n) is 3.73. The van der Waals surface area contributed by atoms with Gasteiger partial charge in [0.25, 0.3) is 5.91 Å². The fraction of sp³-hybridized carbons (Fsp3) is 0.533. The van der Waals surface area contributed by atoms with E-state index in [0.29, 0.717) is 12.5 Å². The molecule has 19 heavy (non-hydrogen) atoms. The summed E-state index contributed by atoms with van der Waals surface area (Å²) in [6.45, 7) is 2.21. The molecule has 1 aliphatic heterocycles. The number of likely N-dealkylation sites (tertiary alicyclic amines) is 1. The number of rotatable bonds is 4. The molecule has 1 fully saturated rings. The molecule has 1 aromatic carbocycles. The van der Waals surface area contributed by atoms with Crippen LogP contribution in [0.3, 0.4) is 0 Å². The van der Waals surface area contributed by atoms with Gasteiger partial charge in [-0.25, -0.2) is 0 Å². The topological polar surface area (TPSA) is 55.6 Å². The number of methoxy groups -OCH3 is 1.